The molecule has 7 nitrogen and oxygen atoms in total. The highest BCUT2D eigenvalue weighted by molar-refractivity contribution is 7.89. The van der Waals surface area contributed by atoms with Gasteiger partial charge in [-0.05, 0) is 49.8 Å². The maximum atomic E-state index is 12.7. The van der Waals surface area contributed by atoms with E-state index in [0.29, 0.717) is 18.8 Å². The van der Waals surface area contributed by atoms with Gasteiger partial charge in [0.05, 0.1) is 11.3 Å². The predicted molar refractivity (Wildman–Crippen MR) is 105 cm³/mol. The molecule has 1 fully saturated rings. The van der Waals surface area contributed by atoms with E-state index in [2.05, 4.69) is 5.32 Å². The average molecular weight is 407 g/mol. The van der Waals surface area contributed by atoms with E-state index in [4.69, 9.17) is 4.74 Å². The maximum Gasteiger partial charge on any atom is 0.306 e. The molecule has 1 aromatic carbocycles. The predicted octanol–water partition coefficient (Wildman–Crippen LogP) is 2.70. The van der Waals surface area contributed by atoms with E-state index in [1.54, 1.807) is 12.1 Å². The lowest BCUT2D eigenvalue weighted by molar-refractivity contribution is -0.147. The highest BCUT2D eigenvalue weighted by Crippen LogP contribution is 2.23. The lowest BCUT2D eigenvalue weighted by Crippen LogP contribution is -2.35. The zero-order valence-corrected chi connectivity index (χ0v) is 16.6. The number of benzene rings is 1. The molecule has 1 aliphatic carbocycles. The van der Waals surface area contributed by atoms with Crippen LogP contribution in [0.2, 0.25) is 0 Å². The van der Waals surface area contributed by atoms with Crippen molar-refractivity contribution in [1.82, 2.24) is 4.31 Å². The number of esters is 1. The Morgan fingerprint density at radius 2 is 1.96 bits per heavy atom. The number of ether oxygens (including phenoxy) is 1. The van der Waals surface area contributed by atoms with Crippen LogP contribution in [-0.2, 0) is 24.3 Å². The molecule has 3 rings (SSSR count). The molecule has 0 spiro atoms. The molecular weight excluding hydrogens is 380 g/mol. The van der Waals surface area contributed by atoms with Crippen molar-refractivity contribution in [2.24, 2.45) is 5.92 Å². The molecule has 1 heterocycles. The van der Waals surface area contributed by atoms with Crippen LogP contribution >= 0.6 is 0 Å². The minimum absolute atomic E-state index is 0.150. The Labute approximate surface area is 165 Å². The largest absolute Gasteiger partial charge is 0.456 e. The molecule has 0 saturated carbocycles. The van der Waals surface area contributed by atoms with Crippen LogP contribution in [0.3, 0.4) is 0 Å². The van der Waals surface area contributed by atoms with Gasteiger partial charge in [0.1, 0.15) is 0 Å². The van der Waals surface area contributed by atoms with Crippen LogP contribution in [0.4, 0.5) is 5.69 Å². The fourth-order valence-corrected chi connectivity index (χ4v) is 5.03. The van der Waals surface area contributed by atoms with E-state index in [1.165, 1.54) is 16.4 Å². The molecule has 0 bridgehead atoms. The standard InChI is InChI=1S/C20H26N2O5S/c23-19(15-27-20(24)13-16-7-2-3-8-16)21-17-9-6-10-18(14-17)28(25,26)22-11-4-1-5-12-22/h2,6-7,9-10,14,16H,1,3-5,8,11-13,15H2,(H,21,23)/t16-/m0/s1. The average Bonchev–Trinajstić information content (AvgIpc) is 3.20. The third-order valence-corrected chi connectivity index (χ3v) is 6.87. The molecule has 2 aliphatic rings. The molecule has 1 aromatic rings. The first-order chi connectivity index (χ1) is 13.4. The summed E-state index contributed by atoms with van der Waals surface area (Å²) >= 11 is 0. The number of amides is 1. The molecule has 28 heavy (non-hydrogen) atoms. The van der Waals surface area contributed by atoms with E-state index in [1.807, 2.05) is 12.2 Å². The molecule has 1 saturated heterocycles. The first-order valence-corrected chi connectivity index (χ1v) is 11.1. The summed E-state index contributed by atoms with van der Waals surface area (Å²) in [6.07, 6.45) is 8.96. The number of sulfonamides is 1. The zero-order valence-electron chi connectivity index (χ0n) is 15.8. The minimum Gasteiger partial charge on any atom is -0.456 e. The van der Waals surface area contributed by atoms with E-state index >= 15 is 0 Å². The Morgan fingerprint density at radius 3 is 2.68 bits per heavy atom. The lowest BCUT2D eigenvalue weighted by atomic mass is 10.1. The summed E-state index contributed by atoms with van der Waals surface area (Å²) < 4.78 is 32.0. The smallest absolute Gasteiger partial charge is 0.306 e. The van der Waals surface area contributed by atoms with Crippen molar-refractivity contribution in [1.29, 1.82) is 0 Å². The van der Waals surface area contributed by atoms with Crippen molar-refractivity contribution in [2.75, 3.05) is 25.0 Å². The van der Waals surface area contributed by atoms with E-state index in [9.17, 15) is 18.0 Å². The van der Waals surface area contributed by atoms with E-state index in [0.717, 1.165) is 32.1 Å². The number of hydrogen-bond acceptors (Lipinski definition) is 5. The fourth-order valence-electron chi connectivity index (χ4n) is 3.47. The summed E-state index contributed by atoms with van der Waals surface area (Å²) in [5.41, 5.74) is 0.359. The Bertz CT molecular complexity index is 844. The van der Waals surface area contributed by atoms with E-state index in [-0.39, 0.29) is 17.2 Å². The summed E-state index contributed by atoms with van der Waals surface area (Å²) in [5, 5.41) is 2.59. The van der Waals surface area contributed by atoms with Gasteiger partial charge in [-0.15, -0.1) is 0 Å². The van der Waals surface area contributed by atoms with Gasteiger partial charge < -0.3 is 10.1 Å². The van der Waals surface area contributed by atoms with Gasteiger partial charge in [-0.25, -0.2) is 8.42 Å². The molecule has 0 radical (unpaired) electrons. The fraction of sp³-hybridized carbons (Fsp3) is 0.500. The second-order valence-electron chi connectivity index (χ2n) is 7.17. The highest BCUT2D eigenvalue weighted by Gasteiger charge is 2.26. The van der Waals surface area contributed by atoms with Crippen LogP contribution in [0.1, 0.15) is 38.5 Å². The van der Waals surface area contributed by atoms with Gasteiger partial charge in [-0.3, -0.25) is 9.59 Å². The molecule has 0 aromatic heterocycles. The van der Waals surface area contributed by atoms with Crippen LogP contribution < -0.4 is 5.32 Å². The van der Waals surface area contributed by atoms with Crippen molar-refractivity contribution in [3.63, 3.8) is 0 Å². The first-order valence-electron chi connectivity index (χ1n) is 9.67. The number of carbonyl (C=O) groups excluding carboxylic acids is 2. The summed E-state index contributed by atoms with van der Waals surface area (Å²) in [4.78, 5) is 24.0. The lowest BCUT2D eigenvalue weighted by Gasteiger charge is -2.26. The second-order valence-corrected chi connectivity index (χ2v) is 9.11. The normalized spacial score (nSPS) is 20.1. The Hall–Kier alpha value is -2.19. The van der Waals surface area contributed by atoms with Crippen molar-refractivity contribution in [3.8, 4) is 0 Å². The highest BCUT2D eigenvalue weighted by atomic mass is 32.2. The Balaban J connectivity index is 1.54. The SMILES string of the molecule is O=C(COC(=O)C[C@H]1C=CCC1)Nc1cccc(S(=O)(=O)N2CCCCC2)c1. The van der Waals surface area contributed by atoms with Gasteiger partial charge in [0.25, 0.3) is 5.91 Å². The van der Waals surface area contributed by atoms with Crippen molar-refractivity contribution in [2.45, 2.75) is 43.4 Å². The third kappa shape index (κ3) is 5.42. The number of piperidine rings is 1. The Kier molecular flexibility index (Phi) is 6.85. The number of allylic oxidation sites excluding steroid dienone is 2. The molecule has 1 aliphatic heterocycles. The van der Waals surface area contributed by atoms with Crippen LogP contribution in [0.5, 0.6) is 0 Å². The molecule has 1 atom stereocenters. The van der Waals surface area contributed by atoms with Crippen LogP contribution in [0.25, 0.3) is 0 Å². The van der Waals surface area contributed by atoms with Gasteiger partial charge in [0.2, 0.25) is 10.0 Å². The van der Waals surface area contributed by atoms with Gasteiger partial charge in [0.15, 0.2) is 6.61 Å². The molecule has 1 N–H and O–H groups in total. The molecule has 8 heteroatoms. The molecular formula is C20H26N2O5S. The minimum atomic E-state index is -3.57. The number of nitrogens with one attached hydrogen (secondary N) is 1. The van der Waals surface area contributed by atoms with Crippen LogP contribution in [-0.4, -0.2) is 44.3 Å². The topological polar surface area (TPSA) is 92.8 Å². The number of hydrogen-bond donors (Lipinski definition) is 1. The number of nitrogens with zero attached hydrogens (tertiary/aromatic N) is 1. The summed E-state index contributed by atoms with van der Waals surface area (Å²) in [6.45, 7) is 0.647. The van der Waals surface area contributed by atoms with Crippen molar-refractivity contribution in [3.05, 3.63) is 36.4 Å². The summed E-state index contributed by atoms with van der Waals surface area (Å²) in [5.74, 6) is -0.719. The first kappa shape index (κ1) is 20.5. The maximum absolute atomic E-state index is 12.7. The zero-order chi connectivity index (χ0) is 20.0. The van der Waals surface area contributed by atoms with Gasteiger partial charge >= 0.3 is 5.97 Å². The van der Waals surface area contributed by atoms with Gasteiger partial charge in [-0.2, -0.15) is 4.31 Å². The number of anilines is 1. The number of rotatable bonds is 7. The summed E-state index contributed by atoms with van der Waals surface area (Å²) in [7, 11) is -3.57. The van der Waals surface area contributed by atoms with Crippen molar-refractivity contribution >= 4 is 27.6 Å². The molecule has 1 amide bonds. The molecule has 0 unspecified atom stereocenters. The van der Waals surface area contributed by atoms with Gasteiger partial charge in [-0.1, -0.05) is 24.6 Å². The van der Waals surface area contributed by atoms with Gasteiger partial charge in [0, 0.05) is 18.8 Å². The molecule has 152 valence electrons. The monoisotopic (exact) mass is 406 g/mol. The van der Waals surface area contributed by atoms with Crippen LogP contribution in [0, 0.1) is 5.92 Å². The van der Waals surface area contributed by atoms with Crippen molar-refractivity contribution < 1.29 is 22.7 Å². The quantitative estimate of drug-likeness (QED) is 0.555. The number of carbonyl (C=O) groups is 2. The third-order valence-electron chi connectivity index (χ3n) is 4.98. The second kappa shape index (κ2) is 9.34. The Morgan fingerprint density at radius 1 is 1.18 bits per heavy atom. The van der Waals surface area contributed by atoms with E-state index < -0.39 is 28.5 Å². The summed E-state index contributed by atoms with van der Waals surface area (Å²) in [6, 6.07) is 6.16. The van der Waals surface area contributed by atoms with Crippen LogP contribution in [0.15, 0.2) is 41.3 Å².